The Bertz CT molecular complexity index is 356. The van der Waals surface area contributed by atoms with Crippen LogP contribution in [0.2, 0.25) is 0 Å². The first-order valence-corrected chi connectivity index (χ1v) is 5.77. The molecule has 0 aliphatic heterocycles. The fourth-order valence-corrected chi connectivity index (χ4v) is 1.89. The van der Waals surface area contributed by atoms with E-state index < -0.39 is 5.97 Å². The Balaban J connectivity index is 2.76. The van der Waals surface area contributed by atoms with Gasteiger partial charge in [0.15, 0.2) is 0 Å². The van der Waals surface area contributed by atoms with E-state index in [2.05, 4.69) is 32.9 Å². The Hall–Kier alpha value is -1.31. The smallest absolute Gasteiger partial charge is 0.303 e. The summed E-state index contributed by atoms with van der Waals surface area (Å²) in [5.74, 6) is -0.0819. The molecule has 0 amide bonds. The van der Waals surface area contributed by atoms with Gasteiger partial charge in [0, 0.05) is 6.42 Å². The summed E-state index contributed by atoms with van der Waals surface area (Å²) >= 11 is 0. The second-order valence-electron chi connectivity index (χ2n) is 4.73. The standard InChI is InChI=1S/C14H20O2/c1-10(2)13(9-14(15)16)8-12-7-5-4-6-11(12)3/h4-7,10,13H,8-9H2,1-3H3,(H,15,16)/t13-/m1/s1. The summed E-state index contributed by atoms with van der Waals surface area (Å²) in [5.41, 5.74) is 2.51. The molecule has 0 fully saturated rings. The molecule has 0 unspecified atom stereocenters. The van der Waals surface area contributed by atoms with Gasteiger partial charge in [-0.25, -0.2) is 0 Å². The third kappa shape index (κ3) is 3.69. The van der Waals surface area contributed by atoms with E-state index in [0.29, 0.717) is 5.92 Å². The molecule has 0 aliphatic carbocycles. The predicted molar refractivity (Wildman–Crippen MR) is 65.5 cm³/mol. The molecule has 2 heteroatoms. The highest BCUT2D eigenvalue weighted by atomic mass is 16.4. The van der Waals surface area contributed by atoms with Crippen LogP contribution < -0.4 is 0 Å². The van der Waals surface area contributed by atoms with Crippen LogP contribution in [0, 0.1) is 18.8 Å². The maximum absolute atomic E-state index is 10.8. The molecule has 1 aromatic rings. The third-order valence-electron chi connectivity index (χ3n) is 3.12. The van der Waals surface area contributed by atoms with Gasteiger partial charge in [-0.15, -0.1) is 0 Å². The number of carboxylic acid groups (broad SMARTS) is 1. The molecule has 0 spiro atoms. The second kappa shape index (κ2) is 5.69. The molecule has 0 saturated carbocycles. The van der Waals surface area contributed by atoms with Crippen molar-refractivity contribution >= 4 is 5.97 Å². The first-order chi connectivity index (χ1) is 7.50. The molecule has 88 valence electrons. The first-order valence-electron chi connectivity index (χ1n) is 5.77. The molecule has 1 rings (SSSR count). The lowest BCUT2D eigenvalue weighted by molar-refractivity contribution is -0.138. The Morgan fingerprint density at radius 2 is 1.94 bits per heavy atom. The topological polar surface area (TPSA) is 37.3 Å². The number of hydrogen-bond donors (Lipinski definition) is 1. The van der Waals surface area contributed by atoms with Gasteiger partial charge in [-0.2, -0.15) is 0 Å². The van der Waals surface area contributed by atoms with E-state index in [1.807, 2.05) is 12.1 Å². The summed E-state index contributed by atoms with van der Waals surface area (Å²) in [6.07, 6.45) is 1.11. The molecule has 0 bridgehead atoms. The molecular formula is C14H20O2. The van der Waals surface area contributed by atoms with Crippen molar-refractivity contribution in [3.8, 4) is 0 Å². The molecule has 2 nitrogen and oxygen atoms in total. The lowest BCUT2D eigenvalue weighted by atomic mass is 9.85. The van der Waals surface area contributed by atoms with Crippen molar-refractivity contribution in [1.29, 1.82) is 0 Å². The van der Waals surface area contributed by atoms with Gasteiger partial charge in [0.25, 0.3) is 0 Å². The van der Waals surface area contributed by atoms with Crippen molar-refractivity contribution in [2.75, 3.05) is 0 Å². The number of carbonyl (C=O) groups is 1. The number of aliphatic carboxylic acids is 1. The summed E-state index contributed by atoms with van der Waals surface area (Å²) < 4.78 is 0. The van der Waals surface area contributed by atoms with Crippen molar-refractivity contribution in [2.45, 2.75) is 33.6 Å². The zero-order valence-corrected chi connectivity index (χ0v) is 10.2. The molecule has 0 radical (unpaired) electrons. The Morgan fingerprint density at radius 3 is 2.44 bits per heavy atom. The van der Waals surface area contributed by atoms with Gasteiger partial charge in [0.1, 0.15) is 0 Å². The van der Waals surface area contributed by atoms with Crippen LogP contribution >= 0.6 is 0 Å². The van der Waals surface area contributed by atoms with Crippen LogP contribution in [-0.4, -0.2) is 11.1 Å². The fourth-order valence-electron chi connectivity index (χ4n) is 1.89. The van der Waals surface area contributed by atoms with Gasteiger partial charge in [-0.1, -0.05) is 38.1 Å². The summed E-state index contributed by atoms with van der Waals surface area (Å²) in [6, 6.07) is 8.20. The van der Waals surface area contributed by atoms with E-state index in [1.165, 1.54) is 11.1 Å². The van der Waals surface area contributed by atoms with Crippen molar-refractivity contribution < 1.29 is 9.90 Å². The average Bonchev–Trinajstić information content (AvgIpc) is 2.19. The summed E-state index contributed by atoms with van der Waals surface area (Å²) in [5, 5.41) is 8.88. The highest BCUT2D eigenvalue weighted by Gasteiger charge is 2.18. The first kappa shape index (κ1) is 12.8. The minimum absolute atomic E-state index is 0.221. The maximum Gasteiger partial charge on any atom is 0.303 e. The van der Waals surface area contributed by atoms with Gasteiger partial charge >= 0.3 is 5.97 Å². The Kier molecular flexibility index (Phi) is 4.53. The van der Waals surface area contributed by atoms with Gasteiger partial charge in [-0.3, -0.25) is 4.79 Å². The number of aryl methyl sites for hydroxylation is 1. The monoisotopic (exact) mass is 220 g/mol. The summed E-state index contributed by atoms with van der Waals surface area (Å²) in [4.78, 5) is 10.8. The van der Waals surface area contributed by atoms with Gasteiger partial charge in [-0.05, 0) is 36.3 Å². The minimum atomic E-state index is -0.702. The molecule has 0 heterocycles. The van der Waals surface area contributed by atoms with E-state index in [1.54, 1.807) is 0 Å². The molecule has 1 N–H and O–H groups in total. The number of benzene rings is 1. The second-order valence-corrected chi connectivity index (χ2v) is 4.73. The fraction of sp³-hybridized carbons (Fsp3) is 0.500. The van der Waals surface area contributed by atoms with E-state index in [-0.39, 0.29) is 12.3 Å². The van der Waals surface area contributed by atoms with Crippen LogP contribution in [0.15, 0.2) is 24.3 Å². The lowest BCUT2D eigenvalue weighted by Crippen LogP contribution is -2.17. The van der Waals surface area contributed by atoms with Crippen LogP contribution in [0.5, 0.6) is 0 Å². The Labute approximate surface area is 97.3 Å². The summed E-state index contributed by atoms with van der Waals surface area (Å²) in [7, 11) is 0. The van der Waals surface area contributed by atoms with Crippen molar-refractivity contribution in [3.63, 3.8) is 0 Å². The van der Waals surface area contributed by atoms with E-state index >= 15 is 0 Å². The van der Waals surface area contributed by atoms with Crippen LogP contribution in [0.25, 0.3) is 0 Å². The molecule has 0 saturated heterocycles. The Morgan fingerprint density at radius 1 is 1.31 bits per heavy atom. The van der Waals surface area contributed by atoms with Crippen molar-refractivity contribution in [1.82, 2.24) is 0 Å². The third-order valence-corrected chi connectivity index (χ3v) is 3.12. The van der Waals surface area contributed by atoms with E-state index in [9.17, 15) is 4.79 Å². The number of rotatable bonds is 5. The number of carboxylic acids is 1. The molecule has 1 aromatic carbocycles. The minimum Gasteiger partial charge on any atom is -0.481 e. The lowest BCUT2D eigenvalue weighted by Gasteiger charge is -2.19. The molecule has 16 heavy (non-hydrogen) atoms. The highest BCUT2D eigenvalue weighted by Crippen LogP contribution is 2.22. The van der Waals surface area contributed by atoms with E-state index in [0.717, 1.165) is 6.42 Å². The van der Waals surface area contributed by atoms with Crippen molar-refractivity contribution in [2.24, 2.45) is 11.8 Å². The van der Waals surface area contributed by atoms with Crippen molar-refractivity contribution in [3.05, 3.63) is 35.4 Å². The SMILES string of the molecule is Cc1ccccc1C[C@H](CC(=O)O)C(C)C. The molecular weight excluding hydrogens is 200 g/mol. The molecule has 0 aliphatic rings. The maximum atomic E-state index is 10.8. The van der Waals surface area contributed by atoms with Gasteiger partial charge in [0.2, 0.25) is 0 Å². The van der Waals surface area contributed by atoms with E-state index in [4.69, 9.17) is 5.11 Å². The predicted octanol–water partition coefficient (Wildman–Crippen LogP) is 3.28. The molecule has 1 atom stereocenters. The quantitative estimate of drug-likeness (QED) is 0.826. The number of hydrogen-bond acceptors (Lipinski definition) is 1. The van der Waals surface area contributed by atoms with Crippen LogP contribution in [-0.2, 0) is 11.2 Å². The zero-order valence-electron chi connectivity index (χ0n) is 10.2. The van der Waals surface area contributed by atoms with Crippen LogP contribution in [0.1, 0.15) is 31.4 Å². The van der Waals surface area contributed by atoms with Gasteiger partial charge in [0.05, 0.1) is 0 Å². The largest absolute Gasteiger partial charge is 0.481 e. The average molecular weight is 220 g/mol. The normalized spacial score (nSPS) is 12.8. The van der Waals surface area contributed by atoms with Gasteiger partial charge < -0.3 is 5.11 Å². The highest BCUT2D eigenvalue weighted by molar-refractivity contribution is 5.67. The van der Waals surface area contributed by atoms with Crippen LogP contribution in [0.3, 0.4) is 0 Å². The molecule has 0 aromatic heterocycles. The summed E-state index contributed by atoms with van der Waals surface area (Å²) in [6.45, 7) is 6.26. The van der Waals surface area contributed by atoms with Crippen LogP contribution in [0.4, 0.5) is 0 Å². The zero-order chi connectivity index (χ0) is 12.1.